The fourth-order valence-electron chi connectivity index (χ4n) is 1.16. The molecule has 0 saturated heterocycles. The third-order valence-corrected chi connectivity index (χ3v) is 1.97. The van der Waals surface area contributed by atoms with Crippen LogP contribution < -0.4 is 0 Å². The average molecular weight is 167 g/mol. The topological polar surface area (TPSA) is 3.24 Å². The van der Waals surface area contributed by atoms with Crippen LogP contribution in [0.5, 0.6) is 0 Å². The molecule has 0 bridgehead atoms. The Kier molecular flexibility index (Phi) is 8.27. The largest absolute Gasteiger partial charge is 0.292 e. The summed E-state index contributed by atoms with van der Waals surface area (Å²) in [7, 11) is 0. The van der Waals surface area contributed by atoms with Crippen molar-refractivity contribution in [2.24, 2.45) is 0 Å². The summed E-state index contributed by atoms with van der Waals surface area (Å²) in [5.74, 6) is 2.71. The van der Waals surface area contributed by atoms with Crippen molar-refractivity contribution in [2.45, 2.75) is 39.5 Å². The first kappa shape index (κ1) is 11.5. The zero-order valence-corrected chi connectivity index (χ0v) is 8.47. The van der Waals surface area contributed by atoms with Crippen LogP contribution in [0, 0.1) is 12.3 Å². The molecule has 0 fully saturated rings. The highest BCUT2D eigenvalue weighted by Crippen LogP contribution is 1.97. The van der Waals surface area contributed by atoms with E-state index in [9.17, 15) is 0 Å². The van der Waals surface area contributed by atoms with E-state index in [1.807, 2.05) is 0 Å². The van der Waals surface area contributed by atoms with Crippen molar-refractivity contribution >= 4 is 0 Å². The fourth-order valence-corrected chi connectivity index (χ4v) is 1.16. The summed E-state index contributed by atoms with van der Waals surface area (Å²) in [6, 6.07) is 0. The Morgan fingerprint density at radius 1 is 1.08 bits per heavy atom. The van der Waals surface area contributed by atoms with Crippen LogP contribution in [-0.2, 0) is 0 Å². The number of unbranched alkanes of at least 4 members (excludes halogenated alkanes) is 2. The number of nitrogens with zero attached hydrogens (tertiary/aromatic N) is 1. The molecular weight excluding hydrogens is 146 g/mol. The van der Waals surface area contributed by atoms with E-state index in [1.54, 1.807) is 0 Å². The molecule has 1 heteroatoms. The van der Waals surface area contributed by atoms with Crippen molar-refractivity contribution in [3.8, 4) is 12.3 Å². The Bertz CT molecular complexity index is 115. The molecule has 0 N–H and O–H groups in total. The molecule has 0 aromatic heterocycles. The van der Waals surface area contributed by atoms with Crippen molar-refractivity contribution in [3.05, 3.63) is 0 Å². The Morgan fingerprint density at radius 2 is 1.58 bits per heavy atom. The standard InChI is InChI=1S/C11H21N/c1-4-7-10-12(9-6-3)11-8-5-2/h3H,4-5,7-11H2,1-2H3. The van der Waals surface area contributed by atoms with Gasteiger partial charge in [0, 0.05) is 0 Å². The molecule has 0 radical (unpaired) electrons. The first-order valence-corrected chi connectivity index (χ1v) is 5.01. The molecule has 0 aliphatic carbocycles. The second-order valence-electron chi connectivity index (χ2n) is 3.19. The molecule has 0 amide bonds. The molecule has 1 nitrogen and oxygen atoms in total. The summed E-state index contributed by atoms with van der Waals surface area (Å²) in [4.78, 5) is 2.37. The zero-order valence-electron chi connectivity index (χ0n) is 8.47. The quantitative estimate of drug-likeness (QED) is 0.527. The van der Waals surface area contributed by atoms with Gasteiger partial charge in [-0.2, -0.15) is 0 Å². The van der Waals surface area contributed by atoms with Crippen LogP contribution in [0.3, 0.4) is 0 Å². The summed E-state index contributed by atoms with van der Waals surface area (Å²) in [5, 5.41) is 0. The number of hydrogen-bond acceptors (Lipinski definition) is 1. The van der Waals surface area contributed by atoms with Gasteiger partial charge >= 0.3 is 0 Å². The summed E-state index contributed by atoms with van der Waals surface area (Å²) < 4.78 is 0. The van der Waals surface area contributed by atoms with Gasteiger partial charge in [0.2, 0.25) is 0 Å². The molecule has 0 spiro atoms. The van der Waals surface area contributed by atoms with E-state index >= 15 is 0 Å². The molecule has 0 unspecified atom stereocenters. The monoisotopic (exact) mass is 167 g/mol. The van der Waals surface area contributed by atoms with Gasteiger partial charge in [0.15, 0.2) is 0 Å². The molecule has 0 aliphatic rings. The lowest BCUT2D eigenvalue weighted by Gasteiger charge is -2.18. The lowest BCUT2D eigenvalue weighted by atomic mass is 10.2. The maximum absolute atomic E-state index is 5.28. The Labute approximate surface area is 77.1 Å². The first-order valence-electron chi connectivity index (χ1n) is 5.01. The van der Waals surface area contributed by atoms with E-state index in [0.29, 0.717) is 0 Å². The molecule has 0 heterocycles. The molecule has 0 atom stereocenters. The summed E-state index contributed by atoms with van der Waals surface area (Å²) >= 11 is 0. The lowest BCUT2D eigenvalue weighted by molar-refractivity contribution is 0.297. The van der Waals surface area contributed by atoms with Crippen molar-refractivity contribution in [1.29, 1.82) is 0 Å². The molecule has 70 valence electrons. The Hall–Kier alpha value is -0.480. The SMILES string of the molecule is C#CCN(CCCC)CCCC. The summed E-state index contributed by atoms with van der Waals surface area (Å²) in [5.41, 5.74) is 0. The van der Waals surface area contributed by atoms with Crippen molar-refractivity contribution in [3.63, 3.8) is 0 Å². The maximum Gasteiger partial charge on any atom is 0.0598 e. The van der Waals surface area contributed by atoms with Crippen LogP contribution in [0.2, 0.25) is 0 Å². The van der Waals surface area contributed by atoms with E-state index in [1.165, 1.54) is 38.8 Å². The van der Waals surface area contributed by atoms with Crippen LogP contribution in [0.1, 0.15) is 39.5 Å². The summed E-state index contributed by atoms with van der Waals surface area (Å²) in [6.45, 7) is 7.59. The number of hydrogen-bond donors (Lipinski definition) is 0. The molecule has 0 rings (SSSR count). The second kappa shape index (κ2) is 8.62. The van der Waals surface area contributed by atoms with E-state index in [0.717, 1.165) is 6.54 Å². The van der Waals surface area contributed by atoms with Crippen LogP contribution in [0.4, 0.5) is 0 Å². The zero-order chi connectivity index (χ0) is 9.23. The number of terminal acetylenes is 1. The highest BCUT2D eigenvalue weighted by atomic mass is 15.1. The van der Waals surface area contributed by atoms with Crippen LogP contribution in [-0.4, -0.2) is 24.5 Å². The van der Waals surface area contributed by atoms with Gasteiger partial charge in [0.1, 0.15) is 0 Å². The summed E-state index contributed by atoms with van der Waals surface area (Å²) in [6.07, 6.45) is 10.3. The molecular formula is C11H21N. The minimum Gasteiger partial charge on any atom is -0.292 e. The van der Waals surface area contributed by atoms with E-state index < -0.39 is 0 Å². The van der Waals surface area contributed by atoms with Crippen LogP contribution in [0.15, 0.2) is 0 Å². The average Bonchev–Trinajstić information content (AvgIpc) is 2.10. The van der Waals surface area contributed by atoms with Gasteiger partial charge in [0.25, 0.3) is 0 Å². The van der Waals surface area contributed by atoms with Crippen molar-refractivity contribution in [2.75, 3.05) is 19.6 Å². The highest BCUT2D eigenvalue weighted by Gasteiger charge is 2.00. The first-order chi connectivity index (χ1) is 5.85. The normalized spacial score (nSPS) is 10.2. The van der Waals surface area contributed by atoms with Gasteiger partial charge in [-0.25, -0.2) is 0 Å². The molecule has 0 aromatic carbocycles. The van der Waals surface area contributed by atoms with Gasteiger partial charge in [0.05, 0.1) is 6.54 Å². The van der Waals surface area contributed by atoms with Crippen molar-refractivity contribution in [1.82, 2.24) is 4.90 Å². The molecule has 0 aliphatic heterocycles. The van der Waals surface area contributed by atoms with Gasteiger partial charge < -0.3 is 0 Å². The fraction of sp³-hybridized carbons (Fsp3) is 0.818. The van der Waals surface area contributed by atoms with Gasteiger partial charge in [-0.3, -0.25) is 4.90 Å². The van der Waals surface area contributed by atoms with E-state index in [4.69, 9.17) is 6.42 Å². The van der Waals surface area contributed by atoms with Crippen LogP contribution in [0.25, 0.3) is 0 Å². The second-order valence-corrected chi connectivity index (χ2v) is 3.19. The molecule has 0 aromatic rings. The predicted molar refractivity (Wildman–Crippen MR) is 55.1 cm³/mol. The Morgan fingerprint density at radius 3 is 1.92 bits per heavy atom. The lowest BCUT2D eigenvalue weighted by Crippen LogP contribution is -2.26. The third kappa shape index (κ3) is 6.24. The van der Waals surface area contributed by atoms with Gasteiger partial charge in [-0.05, 0) is 25.9 Å². The minimum atomic E-state index is 0.819. The van der Waals surface area contributed by atoms with Gasteiger partial charge in [-0.15, -0.1) is 6.42 Å². The third-order valence-electron chi connectivity index (χ3n) is 1.97. The minimum absolute atomic E-state index is 0.819. The highest BCUT2D eigenvalue weighted by molar-refractivity contribution is 4.87. The number of rotatable bonds is 7. The predicted octanol–water partition coefficient (Wildman–Crippen LogP) is 2.52. The smallest absolute Gasteiger partial charge is 0.0598 e. The van der Waals surface area contributed by atoms with Crippen molar-refractivity contribution < 1.29 is 0 Å². The molecule has 0 saturated carbocycles. The maximum atomic E-state index is 5.28. The van der Waals surface area contributed by atoms with E-state index in [2.05, 4.69) is 24.7 Å². The molecule has 12 heavy (non-hydrogen) atoms. The van der Waals surface area contributed by atoms with E-state index in [-0.39, 0.29) is 0 Å². The van der Waals surface area contributed by atoms with Crippen LogP contribution >= 0.6 is 0 Å². The Balaban J connectivity index is 3.48. The van der Waals surface area contributed by atoms with Gasteiger partial charge in [-0.1, -0.05) is 32.6 Å².